The van der Waals surface area contributed by atoms with E-state index in [0.717, 1.165) is 44.3 Å². The third-order valence-electron chi connectivity index (χ3n) is 6.10. The summed E-state index contributed by atoms with van der Waals surface area (Å²) in [6.07, 6.45) is 5.08. The molecule has 1 aliphatic heterocycles. The lowest BCUT2D eigenvalue weighted by molar-refractivity contribution is -0.0333. The molecule has 1 aliphatic carbocycles. The van der Waals surface area contributed by atoms with E-state index in [9.17, 15) is 9.90 Å². The topological polar surface area (TPSA) is 49.8 Å². The molecule has 148 valence electrons. The van der Waals surface area contributed by atoms with Gasteiger partial charge in [0.25, 0.3) is 0 Å². The summed E-state index contributed by atoms with van der Waals surface area (Å²) in [6.45, 7) is 1.63. The van der Waals surface area contributed by atoms with Gasteiger partial charge in [-0.3, -0.25) is 0 Å². The highest BCUT2D eigenvalue weighted by atomic mass is 35.5. The Labute approximate surface area is 171 Å². The number of aliphatic hydroxyl groups is 1. The van der Waals surface area contributed by atoms with E-state index in [1.165, 1.54) is 12.0 Å². The van der Waals surface area contributed by atoms with Gasteiger partial charge in [-0.05, 0) is 55.3 Å². The number of hydrogen-bond donors (Lipinski definition) is 1. The van der Waals surface area contributed by atoms with Crippen molar-refractivity contribution >= 4 is 17.6 Å². The van der Waals surface area contributed by atoms with Gasteiger partial charge in [-0.15, -0.1) is 0 Å². The van der Waals surface area contributed by atoms with Gasteiger partial charge in [0.05, 0.1) is 16.2 Å². The average Bonchev–Trinajstić information content (AvgIpc) is 2.68. The number of ether oxygens (including phenoxy) is 1. The number of rotatable bonds is 3. The lowest BCUT2D eigenvalue weighted by Gasteiger charge is -2.44. The Morgan fingerprint density at radius 3 is 2.68 bits per heavy atom. The van der Waals surface area contributed by atoms with Gasteiger partial charge in [0.2, 0.25) is 0 Å². The highest BCUT2D eigenvalue weighted by molar-refractivity contribution is 6.33. The minimum atomic E-state index is -0.641. The largest absolute Gasteiger partial charge is 0.423 e. The minimum absolute atomic E-state index is 0.0925. The molecule has 1 atom stereocenters. The Bertz CT molecular complexity index is 876. The van der Waals surface area contributed by atoms with Gasteiger partial charge in [-0.1, -0.05) is 49.1 Å². The van der Waals surface area contributed by atoms with Gasteiger partial charge < -0.3 is 14.7 Å². The smallest absolute Gasteiger partial charge is 0.345 e. The molecule has 28 heavy (non-hydrogen) atoms. The number of benzene rings is 2. The Hall–Kier alpha value is -1.88. The van der Waals surface area contributed by atoms with Gasteiger partial charge in [-0.25, -0.2) is 4.79 Å². The van der Waals surface area contributed by atoms with E-state index in [0.29, 0.717) is 16.3 Å². The molecule has 4 rings (SSSR count). The fraction of sp³-hybridized carbons (Fsp3) is 0.435. The molecule has 0 bridgehead atoms. The first-order valence-corrected chi connectivity index (χ1v) is 10.3. The molecule has 1 fully saturated rings. The van der Waals surface area contributed by atoms with Crippen LogP contribution in [0.3, 0.4) is 0 Å². The van der Waals surface area contributed by atoms with E-state index in [4.69, 9.17) is 16.3 Å². The number of fused-ring (bicyclic) bond motifs is 1. The molecule has 2 aromatic rings. The Kier molecular flexibility index (Phi) is 5.46. The highest BCUT2D eigenvalue weighted by Crippen LogP contribution is 2.44. The Morgan fingerprint density at radius 2 is 1.93 bits per heavy atom. The lowest BCUT2D eigenvalue weighted by Crippen LogP contribution is -2.46. The van der Waals surface area contributed by atoms with Crippen molar-refractivity contribution in [2.75, 3.05) is 13.6 Å². The molecule has 1 saturated carbocycles. The summed E-state index contributed by atoms with van der Waals surface area (Å²) in [5.74, 6) is 0.139. The van der Waals surface area contributed by atoms with Crippen molar-refractivity contribution < 1.29 is 14.6 Å². The zero-order chi connectivity index (χ0) is 19.7. The molecule has 4 nitrogen and oxygen atoms in total. The normalized spacial score (nSPS) is 21.8. The predicted molar refractivity (Wildman–Crippen MR) is 110 cm³/mol. The fourth-order valence-electron chi connectivity index (χ4n) is 4.65. The van der Waals surface area contributed by atoms with Gasteiger partial charge in [-0.2, -0.15) is 0 Å². The summed E-state index contributed by atoms with van der Waals surface area (Å²) in [7, 11) is 2.07. The van der Waals surface area contributed by atoms with Crippen molar-refractivity contribution in [2.45, 2.75) is 50.2 Å². The number of nitrogens with zero attached hydrogens (tertiary/aromatic N) is 1. The van der Waals surface area contributed by atoms with Crippen molar-refractivity contribution in [1.82, 2.24) is 4.90 Å². The van der Waals surface area contributed by atoms with Crippen LogP contribution < -0.4 is 4.74 Å². The first-order valence-electron chi connectivity index (χ1n) is 9.97. The third kappa shape index (κ3) is 3.82. The number of carbonyl (C=O) groups is 1. The summed E-state index contributed by atoms with van der Waals surface area (Å²) >= 11 is 6.10. The van der Waals surface area contributed by atoms with Crippen LogP contribution in [0.15, 0.2) is 42.5 Å². The average molecular weight is 400 g/mol. The van der Waals surface area contributed by atoms with Crippen LogP contribution in [-0.2, 0) is 6.54 Å². The van der Waals surface area contributed by atoms with Crippen LogP contribution in [0.2, 0.25) is 5.02 Å². The molecule has 0 amide bonds. The zero-order valence-corrected chi connectivity index (χ0v) is 16.9. The van der Waals surface area contributed by atoms with Crippen molar-refractivity contribution in [3.63, 3.8) is 0 Å². The molecule has 2 aromatic carbocycles. The molecule has 0 radical (unpaired) electrons. The quantitative estimate of drug-likeness (QED) is 0.595. The van der Waals surface area contributed by atoms with E-state index in [-0.39, 0.29) is 5.92 Å². The second-order valence-corrected chi connectivity index (χ2v) is 8.55. The van der Waals surface area contributed by atoms with E-state index in [1.807, 2.05) is 18.2 Å². The monoisotopic (exact) mass is 399 g/mol. The van der Waals surface area contributed by atoms with Gasteiger partial charge >= 0.3 is 5.97 Å². The van der Waals surface area contributed by atoms with E-state index >= 15 is 0 Å². The fourth-order valence-corrected chi connectivity index (χ4v) is 4.86. The SMILES string of the molecule is CN1Cc2cc(OC(=O)c3ccccc3Cl)ccc2C(C2(O)CCCCC2)C1. The summed E-state index contributed by atoms with van der Waals surface area (Å²) in [5, 5.41) is 11.7. The first kappa shape index (κ1) is 19.4. The van der Waals surface area contributed by atoms with Gasteiger partial charge in [0, 0.05) is 19.0 Å². The summed E-state index contributed by atoms with van der Waals surface area (Å²) < 4.78 is 5.58. The Morgan fingerprint density at radius 1 is 1.18 bits per heavy atom. The number of esters is 1. The lowest BCUT2D eigenvalue weighted by atomic mass is 9.70. The summed E-state index contributed by atoms with van der Waals surface area (Å²) in [4.78, 5) is 14.7. The zero-order valence-electron chi connectivity index (χ0n) is 16.2. The summed E-state index contributed by atoms with van der Waals surface area (Å²) in [5.41, 5.74) is 2.01. The second kappa shape index (κ2) is 7.86. The van der Waals surface area contributed by atoms with Crippen molar-refractivity contribution in [3.05, 3.63) is 64.2 Å². The van der Waals surface area contributed by atoms with Crippen LogP contribution in [0, 0.1) is 0 Å². The third-order valence-corrected chi connectivity index (χ3v) is 6.43. The molecule has 5 heteroatoms. The van der Waals surface area contributed by atoms with Gasteiger partial charge in [0.1, 0.15) is 5.75 Å². The maximum atomic E-state index is 12.5. The van der Waals surface area contributed by atoms with Crippen molar-refractivity contribution in [1.29, 1.82) is 0 Å². The number of halogens is 1. The molecule has 1 heterocycles. The molecule has 0 saturated heterocycles. The van der Waals surface area contributed by atoms with Crippen LogP contribution in [0.4, 0.5) is 0 Å². The van der Waals surface area contributed by atoms with Gasteiger partial charge in [0.15, 0.2) is 0 Å². The number of hydrogen-bond acceptors (Lipinski definition) is 4. The van der Waals surface area contributed by atoms with Crippen LogP contribution in [0.5, 0.6) is 5.75 Å². The molecule has 1 unspecified atom stereocenters. The van der Waals surface area contributed by atoms with E-state index in [2.05, 4.69) is 11.9 Å². The standard InChI is InChI=1S/C23H26ClNO3/c1-25-14-16-13-17(28-22(26)19-7-3-4-8-21(19)24)9-10-18(16)20(15-25)23(27)11-5-2-6-12-23/h3-4,7-10,13,20,27H,2,5-6,11-12,14-15H2,1H3. The number of likely N-dealkylation sites (N-methyl/N-ethyl adjacent to an activating group) is 1. The van der Waals surface area contributed by atoms with Crippen LogP contribution in [0.25, 0.3) is 0 Å². The molecule has 0 aromatic heterocycles. The second-order valence-electron chi connectivity index (χ2n) is 8.14. The molecular formula is C23H26ClNO3. The van der Waals surface area contributed by atoms with Crippen LogP contribution in [0.1, 0.15) is 59.5 Å². The highest BCUT2D eigenvalue weighted by Gasteiger charge is 2.41. The maximum absolute atomic E-state index is 12.5. The van der Waals surface area contributed by atoms with Crippen LogP contribution in [-0.4, -0.2) is 35.2 Å². The Balaban J connectivity index is 1.60. The predicted octanol–water partition coefficient (Wildman–Crippen LogP) is 4.78. The summed E-state index contributed by atoms with van der Waals surface area (Å²) in [6, 6.07) is 12.7. The van der Waals surface area contributed by atoms with Crippen molar-refractivity contribution in [3.8, 4) is 5.75 Å². The molecular weight excluding hydrogens is 374 g/mol. The molecule has 1 N–H and O–H groups in total. The molecule has 0 spiro atoms. The van der Waals surface area contributed by atoms with E-state index in [1.54, 1.807) is 24.3 Å². The maximum Gasteiger partial charge on any atom is 0.345 e. The minimum Gasteiger partial charge on any atom is -0.423 e. The van der Waals surface area contributed by atoms with E-state index < -0.39 is 11.6 Å². The number of carbonyl (C=O) groups excluding carboxylic acids is 1. The first-order chi connectivity index (χ1) is 13.5. The van der Waals surface area contributed by atoms with Crippen molar-refractivity contribution in [2.24, 2.45) is 0 Å². The van der Waals surface area contributed by atoms with Crippen LogP contribution >= 0.6 is 11.6 Å². The molecule has 2 aliphatic rings.